The van der Waals surface area contributed by atoms with Crippen LogP contribution in [0, 0.1) is 0 Å². The van der Waals surface area contributed by atoms with Crippen LogP contribution in [0.2, 0.25) is 0 Å². The quantitative estimate of drug-likeness (QED) is 0.250. The standard InChI is InChI=1S/C24H30O4/c1-2-3-4-5-6-7-14-19-22(27-23(25)20-15-10-8-11-16-20)28-24(26)21-17-12-9-13-18-21/h8-13,15-18,22H,2-7,14,19H2,1H3. The molecule has 2 rings (SSSR count). The number of hydrogen-bond donors (Lipinski definition) is 0. The van der Waals surface area contributed by atoms with E-state index in [9.17, 15) is 9.59 Å². The first-order chi connectivity index (χ1) is 13.7. The molecule has 0 radical (unpaired) electrons. The fraction of sp³-hybridized carbons (Fsp3) is 0.417. The Balaban J connectivity index is 1.89. The Morgan fingerprint density at radius 3 is 1.57 bits per heavy atom. The van der Waals surface area contributed by atoms with E-state index in [2.05, 4.69) is 6.92 Å². The lowest BCUT2D eigenvalue weighted by atomic mass is 10.1. The molecule has 0 saturated heterocycles. The van der Waals surface area contributed by atoms with E-state index in [1.54, 1.807) is 48.5 Å². The molecule has 2 aromatic carbocycles. The molecule has 0 bridgehead atoms. The van der Waals surface area contributed by atoms with Gasteiger partial charge in [-0.3, -0.25) is 0 Å². The monoisotopic (exact) mass is 382 g/mol. The van der Waals surface area contributed by atoms with Crippen molar-refractivity contribution >= 4 is 11.9 Å². The Morgan fingerprint density at radius 2 is 1.11 bits per heavy atom. The summed E-state index contributed by atoms with van der Waals surface area (Å²) in [5.74, 6) is -0.955. The highest BCUT2D eigenvalue weighted by molar-refractivity contribution is 5.90. The average molecular weight is 383 g/mol. The van der Waals surface area contributed by atoms with Gasteiger partial charge < -0.3 is 9.47 Å². The first-order valence-electron chi connectivity index (χ1n) is 10.2. The largest absolute Gasteiger partial charge is 0.422 e. The van der Waals surface area contributed by atoms with Gasteiger partial charge in [-0.15, -0.1) is 0 Å². The molecule has 0 aliphatic heterocycles. The fourth-order valence-electron chi connectivity index (χ4n) is 2.93. The summed E-state index contributed by atoms with van der Waals surface area (Å²) in [6.45, 7) is 2.20. The van der Waals surface area contributed by atoms with Gasteiger partial charge in [0.2, 0.25) is 6.29 Å². The minimum absolute atomic E-state index is 0.447. The van der Waals surface area contributed by atoms with E-state index in [-0.39, 0.29) is 0 Å². The summed E-state index contributed by atoms with van der Waals surface area (Å²) in [6, 6.07) is 17.5. The summed E-state index contributed by atoms with van der Waals surface area (Å²) in [7, 11) is 0. The van der Waals surface area contributed by atoms with Crippen molar-refractivity contribution in [2.45, 2.75) is 64.6 Å². The smallest absolute Gasteiger partial charge is 0.341 e. The maximum Gasteiger partial charge on any atom is 0.341 e. The fourth-order valence-corrected chi connectivity index (χ4v) is 2.93. The molecule has 0 heterocycles. The second-order valence-corrected chi connectivity index (χ2v) is 6.88. The number of hydrogen-bond acceptors (Lipinski definition) is 4. The summed E-state index contributed by atoms with van der Waals surface area (Å²) >= 11 is 0. The zero-order valence-electron chi connectivity index (χ0n) is 16.6. The second kappa shape index (κ2) is 12.7. The molecule has 0 amide bonds. The number of rotatable bonds is 12. The van der Waals surface area contributed by atoms with E-state index >= 15 is 0 Å². The Hall–Kier alpha value is -2.62. The summed E-state index contributed by atoms with van der Waals surface area (Å²) in [5.41, 5.74) is 0.894. The summed E-state index contributed by atoms with van der Waals surface area (Å²) in [4.78, 5) is 24.7. The van der Waals surface area contributed by atoms with Gasteiger partial charge in [-0.2, -0.15) is 0 Å². The molecule has 0 aliphatic rings. The van der Waals surface area contributed by atoms with Crippen molar-refractivity contribution in [3.8, 4) is 0 Å². The first kappa shape index (κ1) is 21.7. The number of esters is 2. The van der Waals surface area contributed by atoms with Gasteiger partial charge in [0.15, 0.2) is 0 Å². The number of benzene rings is 2. The average Bonchev–Trinajstić information content (AvgIpc) is 2.74. The summed E-state index contributed by atoms with van der Waals surface area (Å²) in [5, 5.41) is 0. The highest BCUT2D eigenvalue weighted by Crippen LogP contribution is 2.15. The molecular weight excluding hydrogens is 352 g/mol. The van der Waals surface area contributed by atoms with Crippen LogP contribution in [0.15, 0.2) is 60.7 Å². The third-order valence-electron chi connectivity index (χ3n) is 4.54. The second-order valence-electron chi connectivity index (χ2n) is 6.88. The number of unbranched alkanes of at least 4 members (excludes halogenated alkanes) is 6. The van der Waals surface area contributed by atoms with E-state index in [0.29, 0.717) is 17.5 Å². The van der Waals surface area contributed by atoms with Crippen LogP contribution in [-0.4, -0.2) is 18.2 Å². The molecular formula is C24H30O4. The van der Waals surface area contributed by atoms with Gasteiger partial charge in [0, 0.05) is 6.42 Å². The van der Waals surface area contributed by atoms with E-state index in [4.69, 9.17) is 9.47 Å². The molecule has 0 atom stereocenters. The predicted molar refractivity (Wildman–Crippen MR) is 110 cm³/mol. The van der Waals surface area contributed by atoms with Crippen molar-refractivity contribution < 1.29 is 19.1 Å². The molecule has 4 nitrogen and oxygen atoms in total. The van der Waals surface area contributed by atoms with Crippen molar-refractivity contribution in [2.75, 3.05) is 0 Å². The van der Waals surface area contributed by atoms with Gasteiger partial charge in [-0.25, -0.2) is 9.59 Å². The molecule has 0 aromatic heterocycles. The van der Waals surface area contributed by atoms with Crippen molar-refractivity contribution in [1.29, 1.82) is 0 Å². The van der Waals surface area contributed by atoms with Gasteiger partial charge >= 0.3 is 11.9 Å². The van der Waals surface area contributed by atoms with Crippen LogP contribution in [-0.2, 0) is 9.47 Å². The van der Waals surface area contributed by atoms with Crippen LogP contribution >= 0.6 is 0 Å². The molecule has 0 spiro atoms. The lowest BCUT2D eigenvalue weighted by molar-refractivity contribution is -0.0838. The van der Waals surface area contributed by atoms with Gasteiger partial charge in [0.25, 0.3) is 0 Å². The maximum atomic E-state index is 12.4. The predicted octanol–water partition coefficient (Wildman–Crippen LogP) is 6.17. The van der Waals surface area contributed by atoms with E-state index in [1.807, 2.05) is 12.1 Å². The zero-order valence-corrected chi connectivity index (χ0v) is 16.6. The van der Waals surface area contributed by atoms with Crippen LogP contribution in [0.4, 0.5) is 0 Å². The normalized spacial score (nSPS) is 10.6. The highest BCUT2D eigenvalue weighted by Gasteiger charge is 2.20. The van der Waals surface area contributed by atoms with Crippen LogP contribution in [0.3, 0.4) is 0 Å². The Kier molecular flexibility index (Phi) is 9.84. The van der Waals surface area contributed by atoms with Crippen molar-refractivity contribution in [3.63, 3.8) is 0 Å². The van der Waals surface area contributed by atoms with Gasteiger partial charge in [0.1, 0.15) is 0 Å². The van der Waals surface area contributed by atoms with Crippen LogP contribution in [0.1, 0.15) is 79.0 Å². The third kappa shape index (κ3) is 7.95. The summed E-state index contributed by atoms with van der Waals surface area (Å²) in [6.07, 6.45) is 7.62. The Morgan fingerprint density at radius 1 is 0.679 bits per heavy atom. The molecule has 4 heteroatoms. The van der Waals surface area contributed by atoms with E-state index in [0.717, 1.165) is 19.3 Å². The maximum absolute atomic E-state index is 12.4. The van der Waals surface area contributed by atoms with Gasteiger partial charge in [-0.05, 0) is 30.7 Å². The number of ether oxygens (including phenoxy) is 2. The molecule has 0 fully saturated rings. The molecule has 28 heavy (non-hydrogen) atoms. The molecule has 0 unspecified atom stereocenters. The highest BCUT2D eigenvalue weighted by atomic mass is 16.7. The Labute approximate surface area is 167 Å². The minimum Gasteiger partial charge on any atom is -0.422 e. The SMILES string of the molecule is CCCCCCCCCC(OC(=O)c1ccccc1)OC(=O)c1ccccc1. The molecule has 150 valence electrons. The first-order valence-corrected chi connectivity index (χ1v) is 10.2. The van der Waals surface area contributed by atoms with E-state index < -0.39 is 18.2 Å². The molecule has 2 aromatic rings. The lowest BCUT2D eigenvalue weighted by Gasteiger charge is -2.18. The van der Waals surface area contributed by atoms with Gasteiger partial charge in [-0.1, -0.05) is 81.8 Å². The van der Waals surface area contributed by atoms with Crippen molar-refractivity contribution in [3.05, 3.63) is 71.8 Å². The van der Waals surface area contributed by atoms with Crippen molar-refractivity contribution in [1.82, 2.24) is 0 Å². The lowest BCUT2D eigenvalue weighted by Crippen LogP contribution is -2.25. The van der Waals surface area contributed by atoms with E-state index in [1.165, 1.54) is 25.7 Å². The molecule has 0 N–H and O–H groups in total. The zero-order chi connectivity index (χ0) is 20.0. The number of carbonyl (C=O) groups is 2. The number of carbonyl (C=O) groups excluding carboxylic acids is 2. The molecule has 0 saturated carbocycles. The molecule has 0 aliphatic carbocycles. The Bertz CT molecular complexity index is 644. The third-order valence-corrected chi connectivity index (χ3v) is 4.54. The minimum atomic E-state index is -0.879. The van der Waals surface area contributed by atoms with Gasteiger partial charge in [0.05, 0.1) is 11.1 Å². The van der Waals surface area contributed by atoms with Crippen LogP contribution in [0.5, 0.6) is 0 Å². The van der Waals surface area contributed by atoms with Crippen molar-refractivity contribution in [2.24, 2.45) is 0 Å². The summed E-state index contributed by atoms with van der Waals surface area (Å²) < 4.78 is 11.0. The topological polar surface area (TPSA) is 52.6 Å². The van der Waals surface area contributed by atoms with Crippen LogP contribution < -0.4 is 0 Å². The van der Waals surface area contributed by atoms with Crippen LogP contribution in [0.25, 0.3) is 0 Å².